The fourth-order valence-corrected chi connectivity index (χ4v) is 3.14. The van der Waals surface area contributed by atoms with Gasteiger partial charge in [0.1, 0.15) is 0 Å². The number of rotatable bonds is 3. The summed E-state index contributed by atoms with van der Waals surface area (Å²) in [7, 11) is 2.19. The summed E-state index contributed by atoms with van der Waals surface area (Å²) < 4.78 is 0. The van der Waals surface area contributed by atoms with Crippen LogP contribution in [0.15, 0.2) is 24.5 Å². The molecule has 1 aliphatic carbocycles. The van der Waals surface area contributed by atoms with E-state index in [-0.39, 0.29) is 5.92 Å². The number of imidazole rings is 1. The molecule has 0 unspecified atom stereocenters. The van der Waals surface area contributed by atoms with Gasteiger partial charge in [0, 0.05) is 18.5 Å². The zero-order valence-electron chi connectivity index (χ0n) is 11.8. The maximum Gasteiger partial charge on any atom is 0.0931 e. The van der Waals surface area contributed by atoms with E-state index in [0.29, 0.717) is 6.04 Å². The number of H-pyrrole nitrogens is 1. The average molecular weight is 268 g/mol. The number of benzene rings is 1. The fourth-order valence-electron chi connectivity index (χ4n) is 3.14. The molecule has 3 rings (SSSR count). The molecule has 2 aromatic rings. The van der Waals surface area contributed by atoms with Crippen LogP contribution in [0.4, 0.5) is 0 Å². The molecule has 0 spiro atoms. The average Bonchev–Trinajstić information content (AvgIpc) is 2.95. The molecule has 0 bridgehead atoms. The van der Waals surface area contributed by atoms with Gasteiger partial charge in [0.25, 0.3) is 0 Å². The Morgan fingerprint density at radius 1 is 1.35 bits per heavy atom. The normalized spacial score (nSPS) is 23.1. The van der Waals surface area contributed by atoms with Crippen LogP contribution < -0.4 is 0 Å². The van der Waals surface area contributed by atoms with Crippen LogP contribution in [0.3, 0.4) is 0 Å². The monoisotopic (exact) mass is 268 g/mol. The Kier molecular flexibility index (Phi) is 3.70. The molecule has 0 radical (unpaired) electrons. The molecule has 0 saturated heterocycles. The first-order valence-corrected chi connectivity index (χ1v) is 7.28. The van der Waals surface area contributed by atoms with Crippen molar-refractivity contribution in [3.05, 3.63) is 30.1 Å². The molecule has 1 N–H and O–H groups in total. The van der Waals surface area contributed by atoms with Crippen molar-refractivity contribution in [1.82, 2.24) is 14.9 Å². The van der Waals surface area contributed by atoms with E-state index in [2.05, 4.69) is 46.2 Å². The second-order valence-electron chi connectivity index (χ2n) is 5.80. The van der Waals surface area contributed by atoms with Crippen LogP contribution >= 0.6 is 0 Å². The first-order chi connectivity index (χ1) is 9.76. The standard InChI is InChI=1S/C16H20N4/c1-20(14-5-2-12(9-17)3-6-14)10-13-4-7-15-16(8-13)19-11-18-15/h4,7-8,11-12,14H,2-3,5-6,10H2,1H3,(H,18,19). The minimum atomic E-state index is 0.279. The molecule has 4 nitrogen and oxygen atoms in total. The third-order valence-corrected chi connectivity index (χ3v) is 4.42. The van der Waals surface area contributed by atoms with Gasteiger partial charge in [0.05, 0.1) is 23.4 Å². The summed E-state index contributed by atoms with van der Waals surface area (Å²) in [6, 6.07) is 9.41. The molecule has 1 aromatic heterocycles. The Bertz CT molecular complexity index is 617. The number of nitriles is 1. The zero-order valence-corrected chi connectivity index (χ0v) is 11.8. The van der Waals surface area contributed by atoms with E-state index in [1.807, 2.05) is 0 Å². The lowest BCUT2D eigenvalue weighted by molar-refractivity contribution is 0.171. The SMILES string of the molecule is CN(Cc1ccc2nc[nH]c2c1)C1CCC(C#N)CC1. The molecule has 1 fully saturated rings. The van der Waals surface area contributed by atoms with Gasteiger partial charge in [-0.15, -0.1) is 0 Å². The highest BCUT2D eigenvalue weighted by Gasteiger charge is 2.23. The molecule has 1 aromatic carbocycles. The van der Waals surface area contributed by atoms with E-state index < -0.39 is 0 Å². The summed E-state index contributed by atoms with van der Waals surface area (Å²) in [4.78, 5) is 9.83. The van der Waals surface area contributed by atoms with Crippen molar-refractivity contribution in [2.75, 3.05) is 7.05 Å². The van der Waals surface area contributed by atoms with Gasteiger partial charge in [-0.25, -0.2) is 4.98 Å². The highest BCUT2D eigenvalue weighted by molar-refractivity contribution is 5.74. The van der Waals surface area contributed by atoms with E-state index in [1.165, 1.54) is 5.56 Å². The molecule has 104 valence electrons. The molecule has 1 aliphatic rings. The Hall–Kier alpha value is -1.86. The van der Waals surface area contributed by atoms with Gasteiger partial charge < -0.3 is 4.98 Å². The maximum absolute atomic E-state index is 8.96. The third kappa shape index (κ3) is 2.68. The summed E-state index contributed by atoms with van der Waals surface area (Å²) in [6.07, 6.45) is 6.11. The fraction of sp³-hybridized carbons (Fsp3) is 0.500. The first-order valence-electron chi connectivity index (χ1n) is 7.28. The molecule has 0 atom stereocenters. The lowest BCUT2D eigenvalue weighted by Crippen LogP contribution is -2.34. The van der Waals surface area contributed by atoms with Crippen molar-refractivity contribution in [2.45, 2.75) is 38.3 Å². The van der Waals surface area contributed by atoms with Crippen LogP contribution in [0.25, 0.3) is 11.0 Å². The van der Waals surface area contributed by atoms with E-state index >= 15 is 0 Å². The number of aromatic amines is 1. The molecule has 20 heavy (non-hydrogen) atoms. The Morgan fingerprint density at radius 2 is 2.15 bits per heavy atom. The second kappa shape index (κ2) is 5.64. The minimum Gasteiger partial charge on any atom is -0.345 e. The maximum atomic E-state index is 8.96. The summed E-state index contributed by atoms with van der Waals surface area (Å²) in [6.45, 7) is 0.955. The van der Waals surface area contributed by atoms with Gasteiger partial charge in [-0.1, -0.05) is 6.07 Å². The summed E-state index contributed by atoms with van der Waals surface area (Å²) in [5.74, 6) is 0.279. The molecule has 1 heterocycles. The number of nitrogens with one attached hydrogen (secondary N) is 1. The smallest absolute Gasteiger partial charge is 0.0931 e. The van der Waals surface area contributed by atoms with Crippen molar-refractivity contribution >= 4 is 11.0 Å². The first kappa shape index (κ1) is 13.1. The largest absolute Gasteiger partial charge is 0.345 e. The predicted octanol–water partition coefficient (Wildman–Crippen LogP) is 3.08. The van der Waals surface area contributed by atoms with Gasteiger partial charge in [-0.2, -0.15) is 5.26 Å². The van der Waals surface area contributed by atoms with Crippen molar-refractivity contribution in [1.29, 1.82) is 5.26 Å². The molecule has 0 amide bonds. The Morgan fingerprint density at radius 3 is 2.90 bits per heavy atom. The van der Waals surface area contributed by atoms with Gasteiger partial charge in [-0.05, 0) is 50.4 Å². The van der Waals surface area contributed by atoms with Crippen LogP contribution in [-0.4, -0.2) is 28.0 Å². The molecule has 1 saturated carbocycles. The van der Waals surface area contributed by atoms with Gasteiger partial charge in [0.2, 0.25) is 0 Å². The minimum absolute atomic E-state index is 0.279. The number of aromatic nitrogens is 2. The van der Waals surface area contributed by atoms with Crippen LogP contribution in [-0.2, 0) is 6.54 Å². The lowest BCUT2D eigenvalue weighted by atomic mass is 9.86. The van der Waals surface area contributed by atoms with Crippen molar-refractivity contribution in [3.8, 4) is 6.07 Å². The summed E-state index contributed by atoms with van der Waals surface area (Å²) in [5, 5.41) is 8.96. The number of fused-ring (bicyclic) bond motifs is 1. The number of nitrogens with zero attached hydrogens (tertiary/aromatic N) is 3. The third-order valence-electron chi connectivity index (χ3n) is 4.42. The van der Waals surface area contributed by atoms with Crippen LogP contribution in [0, 0.1) is 17.2 Å². The molecule has 0 aliphatic heterocycles. The highest BCUT2D eigenvalue weighted by Crippen LogP contribution is 2.27. The van der Waals surface area contributed by atoms with E-state index in [4.69, 9.17) is 5.26 Å². The van der Waals surface area contributed by atoms with Gasteiger partial charge in [-0.3, -0.25) is 4.90 Å². The second-order valence-corrected chi connectivity index (χ2v) is 5.80. The van der Waals surface area contributed by atoms with Crippen molar-refractivity contribution < 1.29 is 0 Å². The van der Waals surface area contributed by atoms with Gasteiger partial charge >= 0.3 is 0 Å². The predicted molar refractivity (Wildman–Crippen MR) is 78.9 cm³/mol. The van der Waals surface area contributed by atoms with E-state index in [0.717, 1.165) is 43.3 Å². The lowest BCUT2D eigenvalue weighted by Gasteiger charge is -2.32. The van der Waals surface area contributed by atoms with Gasteiger partial charge in [0.15, 0.2) is 0 Å². The number of hydrogen-bond donors (Lipinski definition) is 1. The molecule has 4 heteroatoms. The quantitative estimate of drug-likeness (QED) is 0.930. The topological polar surface area (TPSA) is 55.7 Å². The van der Waals surface area contributed by atoms with Crippen LogP contribution in [0.5, 0.6) is 0 Å². The van der Waals surface area contributed by atoms with E-state index in [9.17, 15) is 0 Å². The highest BCUT2D eigenvalue weighted by atomic mass is 15.1. The Labute approximate surface area is 119 Å². The number of hydrogen-bond acceptors (Lipinski definition) is 3. The molecular formula is C16H20N4. The summed E-state index contributed by atoms with van der Waals surface area (Å²) in [5.41, 5.74) is 3.43. The van der Waals surface area contributed by atoms with Crippen LogP contribution in [0.1, 0.15) is 31.2 Å². The summed E-state index contributed by atoms with van der Waals surface area (Å²) >= 11 is 0. The van der Waals surface area contributed by atoms with Crippen LogP contribution in [0.2, 0.25) is 0 Å². The molecular weight excluding hydrogens is 248 g/mol. The van der Waals surface area contributed by atoms with Crippen molar-refractivity contribution in [2.24, 2.45) is 5.92 Å². The zero-order chi connectivity index (χ0) is 13.9. The Balaban J connectivity index is 1.63. The van der Waals surface area contributed by atoms with E-state index in [1.54, 1.807) is 6.33 Å². The van der Waals surface area contributed by atoms with Crippen molar-refractivity contribution in [3.63, 3.8) is 0 Å².